The van der Waals surface area contributed by atoms with Gasteiger partial charge >= 0.3 is 0 Å². The van der Waals surface area contributed by atoms with Crippen LogP contribution in [0.25, 0.3) is 0 Å². The molecule has 8 heteroatoms. The van der Waals surface area contributed by atoms with E-state index in [1.54, 1.807) is 37.2 Å². The number of nitrogens with zero attached hydrogens (tertiary/aromatic N) is 1. The first kappa shape index (κ1) is 16.6. The number of thioether (sulfide) groups is 1. The average molecular weight is 340 g/mol. The zero-order chi connectivity index (χ0) is 16.1. The summed E-state index contributed by atoms with van der Waals surface area (Å²) in [4.78, 5) is 25.5. The molecule has 0 saturated heterocycles. The van der Waals surface area contributed by atoms with Crippen molar-refractivity contribution in [1.29, 1.82) is 0 Å². The Morgan fingerprint density at radius 3 is 2.73 bits per heavy atom. The Balaban J connectivity index is 1.83. The minimum absolute atomic E-state index is 0.0688. The molecule has 1 N–H and O–H groups in total. The van der Waals surface area contributed by atoms with Crippen molar-refractivity contribution < 1.29 is 19.1 Å². The third-order valence-electron chi connectivity index (χ3n) is 2.76. The van der Waals surface area contributed by atoms with Gasteiger partial charge in [-0.3, -0.25) is 14.9 Å². The molecule has 0 bridgehead atoms. The summed E-state index contributed by atoms with van der Waals surface area (Å²) < 4.78 is 11.5. The van der Waals surface area contributed by atoms with E-state index in [9.17, 15) is 9.59 Å². The summed E-state index contributed by atoms with van der Waals surface area (Å²) in [7, 11) is 3.59. The Morgan fingerprint density at radius 1 is 1.36 bits per heavy atom. The molecule has 1 atom stereocenters. The molecule has 1 aromatic carbocycles. The predicted octanol–water partition coefficient (Wildman–Crippen LogP) is 1.05. The Kier molecular flexibility index (Phi) is 5.62. The predicted molar refractivity (Wildman–Crippen MR) is 88.2 cm³/mol. The molecule has 6 nitrogen and oxygen atoms in total. The Labute approximate surface area is 138 Å². The standard InChI is InChI=1S/C14H16N2O4S2/c1-16(2)14(21)22-8-12(17)15-13(18)11-7-19-9-5-3-4-6-10(9)20-11/h3-6,11H,7-8H2,1-2H3,(H,15,17,18)/t11-/m0/s1. The number of rotatable bonds is 3. The molecule has 1 heterocycles. The molecule has 118 valence electrons. The number of para-hydroxylation sites is 2. The number of ether oxygens (including phenoxy) is 2. The molecule has 0 spiro atoms. The van der Waals surface area contributed by atoms with Crippen LogP contribution in [0.2, 0.25) is 0 Å². The highest BCUT2D eigenvalue weighted by atomic mass is 32.2. The smallest absolute Gasteiger partial charge is 0.271 e. The summed E-state index contributed by atoms with van der Waals surface area (Å²) in [5, 5.41) is 2.29. The highest BCUT2D eigenvalue weighted by Gasteiger charge is 2.28. The summed E-state index contributed by atoms with van der Waals surface area (Å²) in [6.45, 7) is 0.0688. The van der Waals surface area contributed by atoms with Crippen molar-refractivity contribution in [3.05, 3.63) is 24.3 Å². The van der Waals surface area contributed by atoms with Crippen molar-refractivity contribution in [3.63, 3.8) is 0 Å². The van der Waals surface area contributed by atoms with Gasteiger partial charge in [-0.2, -0.15) is 0 Å². The van der Waals surface area contributed by atoms with Crippen LogP contribution in [-0.2, 0) is 9.59 Å². The number of thiocarbonyl (C=S) groups is 1. The summed E-state index contributed by atoms with van der Waals surface area (Å²) in [6, 6.07) is 7.07. The van der Waals surface area contributed by atoms with Gasteiger partial charge in [-0.15, -0.1) is 0 Å². The van der Waals surface area contributed by atoms with Crippen LogP contribution in [0.3, 0.4) is 0 Å². The quantitative estimate of drug-likeness (QED) is 0.825. The van der Waals surface area contributed by atoms with Crippen LogP contribution in [0.4, 0.5) is 0 Å². The minimum atomic E-state index is -0.843. The third kappa shape index (κ3) is 4.35. The lowest BCUT2D eigenvalue weighted by Crippen LogP contribution is -2.46. The highest BCUT2D eigenvalue weighted by molar-refractivity contribution is 8.23. The molecular weight excluding hydrogens is 324 g/mol. The summed E-state index contributed by atoms with van der Waals surface area (Å²) in [6.07, 6.45) is -0.843. The summed E-state index contributed by atoms with van der Waals surface area (Å²) in [5.41, 5.74) is 0. The fraction of sp³-hybridized carbons (Fsp3) is 0.357. The molecule has 2 amide bonds. The van der Waals surface area contributed by atoms with Gasteiger partial charge in [0.05, 0.1) is 5.75 Å². The van der Waals surface area contributed by atoms with Gasteiger partial charge in [0.2, 0.25) is 12.0 Å². The van der Waals surface area contributed by atoms with E-state index in [2.05, 4.69) is 5.32 Å². The Bertz CT molecular complexity index is 592. The first-order chi connectivity index (χ1) is 10.5. The lowest BCUT2D eigenvalue weighted by Gasteiger charge is -2.25. The number of amides is 2. The van der Waals surface area contributed by atoms with Crippen molar-refractivity contribution in [2.45, 2.75) is 6.10 Å². The second-order valence-corrected chi connectivity index (χ2v) is 6.33. The zero-order valence-electron chi connectivity index (χ0n) is 12.2. The largest absolute Gasteiger partial charge is 0.485 e. The topological polar surface area (TPSA) is 67.9 Å². The Hall–Kier alpha value is -1.80. The number of carbonyl (C=O) groups excluding carboxylic acids is 2. The second kappa shape index (κ2) is 7.46. The molecule has 0 radical (unpaired) electrons. The van der Waals surface area contributed by atoms with E-state index in [0.717, 1.165) is 0 Å². The van der Waals surface area contributed by atoms with Gasteiger partial charge in [0.25, 0.3) is 5.91 Å². The van der Waals surface area contributed by atoms with E-state index < -0.39 is 17.9 Å². The molecule has 1 aromatic rings. The number of nitrogens with one attached hydrogen (secondary N) is 1. The number of fused-ring (bicyclic) bond motifs is 1. The van der Waals surface area contributed by atoms with E-state index in [1.807, 2.05) is 6.07 Å². The van der Waals surface area contributed by atoms with Crippen LogP contribution in [-0.4, -0.2) is 53.6 Å². The SMILES string of the molecule is CN(C)C(=S)SCC(=O)NC(=O)[C@@H]1COc2ccccc2O1. The maximum absolute atomic E-state index is 12.0. The maximum Gasteiger partial charge on any atom is 0.271 e. The van der Waals surface area contributed by atoms with Crippen molar-refractivity contribution in [2.24, 2.45) is 0 Å². The zero-order valence-corrected chi connectivity index (χ0v) is 13.8. The van der Waals surface area contributed by atoms with E-state index in [0.29, 0.717) is 15.8 Å². The van der Waals surface area contributed by atoms with Gasteiger partial charge in [-0.25, -0.2) is 0 Å². The fourth-order valence-electron chi connectivity index (χ4n) is 1.66. The summed E-state index contributed by atoms with van der Waals surface area (Å²) in [5.74, 6) is 0.221. The average Bonchev–Trinajstić information content (AvgIpc) is 2.51. The maximum atomic E-state index is 12.0. The number of carbonyl (C=O) groups is 2. The molecule has 0 aliphatic carbocycles. The first-order valence-corrected chi connectivity index (χ1v) is 7.93. The number of hydrogen-bond donors (Lipinski definition) is 1. The van der Waals surface area contributed by atoms with Crippen molar-refractivity contribution in [2.75, 3.05) is 26.5 Å². The normalized spacial score (nSPS) is 15.8. The van der Waals surface area contributed by atoms with E-state index >= 15 is 0 Å². The number of benzene rings is 1. The van der Waals surface area contributed by atoms with Gasteiger partial charge in [0.1, 0.15) is 10.9 Å². The highest BCUT2D eigenvalue weighted by Crippen LogP contribution is 2.30. The van der Waals surface area contributed by atoms with Crippen LogP contribution in [0.1, 0.15) is 0 Å². The van der Waals surface area contributed by atoms with Crippen LogP contribution in [0, 0.1) is 0 Å². The van der Waals surface area contributed by atoms with Crippen LogP contribution in [0.5, 0.6) is 11.5 Å². The number of hydrogen-bond acceptors (Lipinski definition) is 6. The monoisotopic (exact) mass is 340 g/mol. The number of imide groups is 1. The van der Waals surface area contributed by atoms with Crippen molar-refractivity contribution in [1.82, 2.24) is 10.2 Å². The lowest BCUT2D eigenvalue weighted by atomic mass is 10.2. The van der Waals surface area contributed by atoms with Gasteiger partial charge in [-0.1, -0.05) is 36.1 Å². The second-order valence-electron chi connectivity index (χ2n) is 4.73. The van der Waals surface area contributed by atoms with Gasteiger partial charge in [0.15, 0.2) is 11.5 Å². The molecule has 1 aliphatic heterocycles. The molecule has 0 fully saturated rings. The third-order valence-corrected chi connectivity index (χ3v) is 4.49. The molecule has 22 heavy (non-hydrogen) atoms. The molecule has 0 saturated carbocycles. The molecule has 0 aromatic heterocycles. The fourth-order valence-corrected chi connectivity index (χ4v) is 2.42. The van der Waals surface area contributed by atoms with Crippen LogP contribution >= 0.6 is 24.0 Å². The lowest BCUT2D eigenvalue weighted by molar-refractivity contribution is -0.135. The van der Waals surface area contributed by atoms with Crippen molar-refractivity contribution >= 4 is 40.1 Å². The van der Waals surface area contributed by atoms with E-state index in [-0.39, 0.29) is 12.4 Å². The molecule has 1 aliphatic rings. The van der Waals surface area contributed by atoms with Crippen LogP contribution < -0.4 is 14.8 Å². The van der Waals surface area contributed by atoms with E-state index in [4.69, 9.17) is 21.7 Å². The Morgan fingerprint density at radius 2 is 2.05 bits per heavy atom. The minimum Gasteiger partial charge on any atom is -0.485 e. The molecule has 0 unspecified atom stereocenters. The summed E-state index contributed by atoms with van der Waals surface area (Å²) >= 11 is 6.25. The van der Waals surface area contributed by atoms with E-state index in [1.165, 1.54) is 11.8 Å². The first-order valence-electron chi connectivity index (χ1n) is 6.53. The van der Waals surface area contributed by atoms with Gasteiger partial charge in [0, 0.05) is 14.1 Å². The van der Waals surface area contributed by atoms with Gasteiger partial charge < -0.3 is 14.4 Å². The molecular formula is C14H16N2O4S2. The van der Waals surface area contributed by atoms with Crippen molar-refractivity contribution in [3.8, 4) is 11.5 Å². The molecule has 2 rings (SSSR count). The van der Waals surface area contributed by atoms with Crippen LogP contribution in [0.15, 0.2) is 24.3 Å². The van der Waals surface area contributed by atoms with Gasteiger partial charge in [-0.05, 0) is 12.1 Å².